The summed E-state index contributed by atoms with van der Waals surface area (Å²) in [4.78, 5) is 15.4. The molecule has 0 radical (unpaired) electrons. The first-order valence-electron chi connectivity index (χ1n) is 10.7. The van der Waals surface area contributed by atoms with Gasteiger partial charge in [0.25, 0.3) is 5.91 Å². The van der Waals surface area contributed by atoms with Crippen molar-refractivity contribution < 1.29 is 27.4 Å². The second kappa shape index (κ2) is 9.89. The highest BCUT2D eigenvalue weighted by molar-refractivity contribution is 7.89. The summed E-state index contributed by atoms with van der Waals surface area (Å²) in [5.41, 5.74) is 0.963. The van der Waals surface area contributed by atoms with Gasteiger partial charge in [-0.1, -0.05) is 11.6 Å². The van der Waals surface area contributed by atoms with Crippen molar-refractivity contribution in [3.05, 3.63) is 52.5 Å². The summed E-state index contributed by atoms with van der Waals surface area (Å²) < 4.78 is 43.6. The normalized spacial score (nSPS) is 16.9. The lowest BCUT2D eigenvalue weighted by Crippen LogP contribution is -2.40. The quantitative estimate of drug-likeness (QED) is 0.560. The van der Waals surface area contributed by atoms with E-state index in [1.165, 1.54) is 22.5 Å². The number of halogens is 1. The van der Waals surface area contributed by atoms with Crippen molar-refractivity contribution in [2.75, 3.05) is 40.5 Å². The Morgan fingerprint density at radius 3 is 2.48 bits per heavy atom. The maximum atomic E-state index is 13.6. The van der Waals surface area contributed by atoms with Crippen molar-refractivity contribution in [2.24, 2.45) is 0 Å². The zero-order valence-corrected chi connectivity index (χ0v) is 20.2. The van der Waals surface area contributed by atoms with E-state index in [-0.39, 0.29) is 40.5 Å². The first-order chi connectivity index (χ1) is 15.8. The smallest absolute Gasteiger partial charge is 0.255 e. The Kier molecular flexibility index (Phi) is 7.13. The van der Waals surface area contributed by atoms with Gasteiger partial charge in [-0.05, 0) is 49.2 Å². The number of nitrogens with zero attached hydrogens (tertiary/aromatic N) is 2. The van der Waals surface area contributed by atoms with Crippen LogP contribution in [0.2, 0.25) is 5.02 Å². The zero-order chi connectivity index (χ0) is 23.6. The number of methoxy groups -OCH3 is 2. The molecule has 1 aliphatic carbocycles. The van der Waals surface area contributed by atoms with Gasteiger partial charge in [0.05, 0.1) is 49.5 Å². The summed E-state index contributed by atoms with van der Waals surface area (Å²) in [6, 6.07) is 9.78. The fourth-order valence-corrected chi connectivity index (χ4v) is 5.49. The maximum Gasteiger partial charge on any atom is 0.255 e. The molecule has 1 saturated heterocycles. The van der Waals surface area contributed by atoms with Crippen molar-refractivity contribution in [2.45, 2.75) is 30.3 Å². The lowest BCUT2D eigenvalue weighted by Gasteiger charge is -2.27. The summed E-state index contributed by atoms with van der Waals surface area (Å²) in [7, 11) is -0.603. The average Bonchev–Trinajstić information content (AvgIpc) is 3.68. The van der Waals surface area contributed by atoms with Crippen LogP contribution >= 0.6 is 11.6 Å². The standard InChI is InChI=1S/C23H27ClN2O6S/c1-30-18-5-8-22(31-2)16(13-18)15-26(17-3-4-17)23(27)20-14-19(6-7-21(20)24)33(28,29)25-9-11-32-12-10-25/h5-8,13-14,17H,3-4,9-12,15H2,1-2H3. The third kappa shape index (κ3) is 5.11. The van der Waals surface area contributed by atoms with Gasteiger partial charge in [-0.25, -0.2) is 8.42 Å². The van der Waals surface area contributed by atoms with Gasteiger partial charge in [-0.3, -0.25) is 4.79 Å². The summed E-state index contributed by atoms with van der Waals surface area (Å²) in [6.07, 6.45) is 1.75. The van der Waals surface area contributed by atoms with Gasteiger partial charge in [-0.2, -0.15) is 4.31 Å². The van der Waals surface area contributed by atoms with Gasteiger partial charge >= 0.3 is 0 Å². The molecule has 2 aromatic rings. The third-order valence-electron chi connectivity index (χ3n) is 5.85. The number of morpholine rings is 1. The van der Waals surface area contributed by atoms with Crippen LogP contribution < -0.4 is 9.47 Å². The van der Waals surface area contributed by atoms with Gasteiger partial charge in [0.1, 0.15) is 11.5 Å². The van der Waals surface area contributed by atoms with Crippen LogP contribution in [0.1, 0.15) is 28.8 Å². The molecule has 0 atom stereocenters. The highest BCUT2D eigenvalue weighted by atomic mass is 35.5. The number of benzene rings is 2. The molecule has 0 N–H and O–H groups in total. The minimum Gasteiger partial charge on any atom is -0.497 e. The monoisotopic (exact) mass is 494 g/mol. The van der Waals surface area contributed by atoms with Crippen LogP contribution in [-0.4, -0.2) is 70.1 Å². The molecule has 4 rings (SSSR count). The summed E-state index contributed by atoms with van der Waals surface area (Å²) in [6.45, 7) is 1.53. The molecule has 0 unspecified atom stereocenters. The Balaban J connectivity index is 1.65. The van der Waals surface area contributed by atoms with Crippen LogP contribution in [0, 0.1) is 0 Å². The van der Waals surface area contributed by atoms with E-state index in [1.54, 1.807) is 31.3 Å². The first kappa shape index (κ1) is 23.8. The number of rotatable bonds is 8. The lowest BCUT2D eigenvalue weighted by atomic mass is 10.1. The van der Waals surface area contributed by atoms with Crippen molar-refractivity contribution in [1.29, 1.82) is 0 Å². The summed E-state index contributed by atoms with van der Waals surface area (Å²) in [5, 5.41) is 0.212. The molecule has 1 heterocycles. The van der Waals surface area contributed by atoms with Crippen molar-refractivity contribution >= 4 is 27.5 Å². The largest absolute Gasteiger partial charge is 0.497 e. The topological polar surface area (TPSA) is 85.4 Å². The number of sulfonamides is 1. The molecule has 1 amide bonds. The SMILES string of the molecule is COc1ccc(OC)c(CN(C(=O)c2cc(S(=O)(=O)N3CCOCC3)ccc2Cl)C2CC2)c1. The van der Waals surface area contributed by atoms with E-state index in [0.29, 0.717) is 31.3 Å². The van der Waals surface area contributed by atoms with E-state index in [9.17, 15) is 13.2 Å². The highest BCUT2D eigenvalue weighted by Crippen LogP contribution is 2.34. The van der Waals surface area contributed by atoms with Crippen molar-refractivity contribution in [3.63, 3.8) is 0 Å². The Hall–Kier alpha value is -2.33. The molecule has 2 aromatic carbocycles. The van der Waals surface area contributed by atoms with Crippen molar-refractivity contribution in [3.8, 4) is 11.5 Å². The van der Waals surface area contributed by atoms with Crippen LogP contribution in [0.3, 0.4) is 0 Å². The summed E-state index contributed by atoms with van der Waals surface area (Å²) >= 11 is 6.38. The van der Waals surface area contributed by atoms with Crippen molar-refractivity contribution in [1.82, 2.24) is 9.21 Å². The van der Waals surface area contributed by atoms with Gasteiger partial charge in [0.2, 0.25) is 10.0 Å². The molecule has 0 aromatic heterocycles. The number of hydrogen-bond donors (Lipinski definition) is 0. The number of carbonyl (C=O) groups excluding carboxylic acids is 1. The Labute approximate surface area is 199 Å². The van der Waals surface area contributed by atoms with E-state index < -0.39 is 10.0 Å². The van der Waals surface area contributed by atoms with Gasteiger partial charge in [0, 0.05) is 24.7 Å². The molecular weight excluding hydrogens is 468 g/mol. The number of carbonyl (C=O) groups is 1. The van der Waals surface area contributed by atoms with Crippen LogP contribution in [0.25, 0.3) is 0 Å². The fraction of sp³-hybridized carbons (Fsp3) is 0.435. The number of hydrogen-bond acceptors (Lipinski definition) is 6. The molecular formula is C23H27ClN2O6S. The van der Waals surface area contributed by atoms with E-state index in [0.717, 1.165) is 18.4 Å². The van der Waals surface area contributed by atoms with E-state index in [4.69, 9.17) is 25.8 Å². The minimum atomic E-state index is -3.76. The van der Waals surface area contributed by atoms with Gasteiger partial charge in [-0.15, -0.1) is 0 Å². The third-order valence-corrected chi connectivity index (χ3v) is 8.08. The molecule has 178 valence electrons. The summed E-state index contributed by atoms with van der Waals surface area (Å²) in [5.74, 6) is 0.987. The lowest BCUT2D eigenvalue weighted by molar-refractivity contribution is 0.0724. The second-order valence-electron chi connectivity index (χ2n) is 8.00. The molecule has 33 heavy (non-hydrogen) atoms. The molecule has 10 heteroatoms. The first-order valence-corrected chi connectivity index (χ1v) is 12.6. The predicted molar refractivity (Wildman–Crippen MR) is 123 cm³/mol. The van der Waals surface area contributed by atoms with E-state index in [1.807, 2.05) is 6.07 Å². The molecule has 0 spiro atoms. The Morgan fingerprint density at radius 1 is 1.12 bits per heavy atom. The highest BCUT2D eigenvalue weighted by Gasteiger charge is 2.35. The van der Waals surface area contributed by atoms with E-state index >= 15 is 0 Å². The molecule has 1 saturated carbocycles. The molecule has 0 bridgehead atoms. The average molecular weight is 495 g/mol. The van der Waals surface area contributed by atoms with Crippen LogP contribution in [0.4, 0.5) is 0 Å². The predicted octanol–water partition coefficient (Wildman–Crippen LogP) is 3.18. The fourth-order valence-electron chi connectivity index (χ4n) is 3.86. The molecule has 2 fully saturated rings. The van der Waals surface area contributed by atoms with Crippen LogP contribution in [-0.2, 0) is 21.3 Å². The van der Waals surface area contributed by atoms with Crippen LogP contribution in [0.5, 0.6) is 11.5 Å². The molecule has 2 aliphatic rings. The number of ether oxygens (including phenoxy) is 3. The Bertz CT molecular complexity index is 1130. The van der Waals surface area contributed by atoms with Crippen LogP contribution in [0.15, 0.2) is 41.3 Å². The van der Waals surface area contributed by atoms with Gasteiger partial charge < -0.3 is 19.1 Å². The zero-order valence-electron chi connectivity index (χ0n) is 18.6. The Morgan fingerprint density at radius 2 is 1.85 bits per heavy atom. The second-order valence-corrected chi connectivity index (χ2v) is 10.3. The minimum absolute atomic E-state index is 0.0480. The van der Waals surface area contributed by atoms with Gasteiger partial charge in [0.15, 0.2) is 0 Å². The van der Waals surface area contributed by atoms with E-state index in [2.05, 4.69) is 0 Å². The number of amides is 1. The maximum absolute atomic E-state index is 13.6. The molecule has 1 aliphatic heterocycles. The molecule has 8 nitrogen and oxygen atoms in total.